The average molecular weight is 549 g/mol. The molecule has 0 unspecified atom stereocenters. The average Bonchev–Trinajstić information content (AvgIpc) is 3.18. The molecule has 1 heteroatoms. The van der Waals surface area contributed by atoms with E-state index in [1.54, 1.807) is 6.92 Å². The van der Waals surface area contributed by atoms with Gasteiger partial charge in [-0.15, -0.1) is 0 Å². The zero-order chi connectivity index (χ0) is 30.2. The molecule has 0 saturated carbocycles. The zero-order valence-electron chi connectivity index (χ0n) is 27.8. The summed E-state index contributed by atoms with van der Waals surface area (Å²) in [6.07, 6.45) is 25.5. The number of benzene rings is 1. The van der Waals surface area contributed by atoms with Gasteiger partial charge in [0.15, 0.2) is 0 Å². The van der Waals surface area contributed by atoms with Gasteiger partial charge in [0.05, 0.1) is 0 Å². The quantitative estimate of drug-likeness (QED) is 0.237. The molecule has 0 N–H and O–H groups in total. The maximum atomic E-state index is 10.7. The number of rotatable bonds is 12. The molecule has 2 aliphatic carbocycles. The number of fused-ring (bicyclic) bond motifs is 1. The van der Waals surface area contributed by atoms with Crippen molar-refractivity contribution in [1.29, 1.82) is 0 Å². The first-order chi connectivity index (χ1) is 19.0. The maximum absolute atomic E-state index is 10.7. The minimum absolute atomic E-state index is 0. The predicted molar refractivity (Wildman–Crippen MR) is 182 cm³/mol. The fraction of sp³-hybridized carbons (Fsp3) is 0.615. The van der Waals surface area contributed by atoms with Gasteiger partial charge in [0.2, 0.25) is 0 Å². The Labute approximate surface area is 250 Å². The summed E-state index contributed by atoms with van der Waals surface area (Å²) in [5.41, 5.74) is 7.54. The van der Waals surface area contributed by atoms with Crippen molar-refractivity contribution in [3.63, 3.8) is 0 Å². The maximum Gasteiger partial charge on any atom is 0.129 e. The van der Waals surface area contributed by atoms with Gasteiger partial charge in [-0.25, -0.2) is 0 Å². The molecular formula is C39H64O. The van der Waals surface area contributed by atoms with Gasteiger partial charge in [-0.05, 0) is 77.2 Å². The van der Waals surface area contributed by atoms with E-state index in [9.17, 15) is 4.79 Å². The third kappa shape index (κ3) is 11.8. The van der Waals surface area contributed by atoms with Crippen molar-refractivity contribution in [2.24, 2.45) is 5.92 Å². The molecule has 1 aromatic carbocycles. The van der Waals surface area contributed by atoms with Gasteiger partial charge < -0.3 is 4.79 Å². The van der Waals surface area contributed by atoms with Crippen molar-refractivity contribution in [3.8, 4) is 0 Å². The van der Waals surface area contributed by atoms with Gasteiger partial charge in [0.25, 0.3) is 0 Å². The van der Waals surface area contributed by atoms with Crippen LogP contribution in [0.5, 0.6) is 0 Å². The predicted octanol–water partition coefficient (Wildman–Crippen LogP) is 12.5. The zero-order valence-corrected chi connectivity index (χ0v) is 27.8. The van der Waals surface area contributed by atoms with Gasteiger partial charge in [-0.2, -0.15) is 0 Å². The summed E-state index contributed by atoms with van der Waals surface area (Å²) in [5.74, 6) is 1.28. The molecule has 0 saturated heterocycles. The lowest BCUT2D eigenvalue weighted by molar-refractivity contribution is -0.117. The monoisotopic (exact) mass is 548 g/mol. The molecule has 226 valence electrons. The van der Waals surface area contributed by atoms with E-state index in [2.05, 4.69) is 90.6 Å². The molecule has 0 heterocycles. The lowest BCUT2D eigenvalue weighted by Gasteiger charge is -2.42. The second kappa shape index (κ2) is 18.3. The fourth-order valence-electron chi connectivity index (χ4n) is 6.01. The SMILES string of the molecule is C=CC1=CC=CC(c2ccc3c(c2)C(C)(C)CCC3(C)C)=CC1.CC.CCCC(CCC)CCCCCC(C)=O.[HH]. The fourth-order valence-corrected chi connectivity index (χ4v) is 6.01. The first-order valence-electron chi connectivity index (χ1n) is 16.4. The van der Waals surface area contributed by atoms with Crippen molar-refractivity contribution in [1.82, 2.24) is 0 Å². The van der Waals surface area contributed by atoms with Gasteiger partial charge in [0.1, 0.15) is 5.78 Å². The van der Waals surface area contributed by atoms with Crippen LogP contribution in [0.1, 0.15) is 157 Å². The second-order valence-corrected chi connectivity index (χ2v) is 12.9. The van der Waals surface area contributed by atoms with Crippen LogP contribution in [0.2, 0.25) is 0 Å². The van der Waals surface area contributed by atoms with E-state index in [1.807, 2.05) is 19.9 Å². The van der Waals surface area contributed by atoms with Crippen LogP contribution in [-0.2, 0) is 15.6 Å². The number of Topliss-reactive ketones (excluding diaryl/α,β-unsaturated/α-hetero) is 1. The summed E-state index contributed by atoms with van der Waals surface area (Å²) in [4.78, 5) is 10.7. The Morgan fingerprint density at radius 1 is 0.950 bits per heavy atom. The number of allylic oxidation sites excluding steroid dienone is 7. The minimum atomic E-state index is 0. The van der Waals surface area contributed by atoms with E-state index in [0.717, 1.165) is 25.2 Å². The minimum Gasteiger partial charge on any atom is -0.300 e. The number of ketones is 1. The van der Waals surface area contributed by atoms with Crippen molar-refractivity contribution in [2.75, 3.05) is 0 Å². The third-order valence-electron chi connectivity index (χ3n) is 8.63. The topological polar surface area (TPSA) is 17.1 Å². The van der Waals surface area contributed by atoms with Crippen LogP contribution >= 0.6 is 0 Å². The Bertz CT molecular complexity index is 998. The van der Waals surface area contributed by atoms with Crippen molar-refractivity contribution < 1.29 is 6.22 Å². The molecule has 2 aliphatic rings. The van der Waals surface area contributed by atoms with Crippen molar-refractivity contribution in [2.45, 2.75) is 150 Å². The van der Waals surface area contributed by atoms with E-state index >= 15 is 0 Å². The molecule has 0 atom stereocenters. The van der Waals surface area contributed by atoms with Crippen LogP contribution in [0, 0.1) is 5.92 Å². The smallest absolute Gasteiger partial charge is 0.129 e. The molecule has 0 aromatic heterocycles. The van der Waals surface area contributed by atoms with E-state index in [-0.39, 0.29) is 12.3 Å². The molecule has 0 aliphatic heterocycles. The molecule has 0 radical (unpaired) electrons. The molecule has 0 amide bonds. The summed E-state index contributed by atoms with van der Waals surface area (Å²) in [6, 6.07) is 7.11. The third-order valence-corrected chi connectivity index (χ3v) is 8.63. The second-order valence-electron chi connectivity index (χ2n) is 12.9. The Hall–Kier alpha value is -2.15. The van der Waals surface area contributed by atoms with Crippen LogP contribution in [0.3, 0.4) is 0 Å². The highest BCUT2D eigenvalue weighted by Gasteiger charge is 2.37. The van der Waals surface area contributed by atoms with Gasteiger partial charge in [-0.1, -0.05) is 155 Å². The number of hydrogen-bond donors (Lipinski definition) is 0. The highest BCUT2D eigenvalue weighted by Crippen LogP contribution is 2.46. The van der Waals surface area contributed by atoms with E-state index < -0.39 is 0 Å². The van der Waals surface area contributed by atoms with Gasteiger partial charge in [0, 0.05) is 7.85 Å². The lowest BCUT2D eigenvalue weighted by atomic mass is 9.63. The standard InChI is InChI=1S/C23H28.C14H28O.C2H6.H2/c1-6-17-8-7-9-18(11-10-17)19-12-13-20-21(16-19)23(4,5)15-14-22(20,2)3;1-4-9-14(10-5-2)12-8-6-7-11-13(3)15;1-2;/h6-9,11-13,16H,1,10,14-15H2,2-5H3;14H,4-12H2,1-3H3;1-2H3;1H. The summed E-state index contributed by atoms with van der Waals surface area (Å²) in [7, 11) is 0. The first-order valence-corrected chi connectivity index (χ1v) is 16.4. The normalized spacial score (nSPS) is 16.8. The molecular weight excluding hydrogens is 484 g/mol. The van der Waals surface area contributed by atoms with Crippen molar-refractivity contribution >= 4 is 11.4 Å². The molecule has 40 heavy (non-hydrogen) atoms. The van der Waals surface area contributed by atoms with Crippen LogP contribution in [0.25, 0.3) is 5.57 Å². The Morgan fingerprint density at radius 2 is 1.57 bits per heavy atom. The summed E-state index contributed by atoms with van der Waals surface area (Å²) in [6.45, 7) is 23.7. The number of carbonyl (C=O) groups excluding carboxylic acids is 1. The highest BCUT2D eigenvalue weighted by atomic mass is 16.1. The first kappa shape index (κ1) is 35.9. The van der Waals surface area contributed by atoms with Crippen molar-refractivity contribution in [3.05, 3.63) is 77.4 Å². The number of carbonyl (C=O) groups is 1. The highest BCUT2D eigenvalue weighted by molar-refractivity contribution is 5.76. The number of unbranched alkanes of at least 4 members (excludes halogenated alkanes) is 2. The molecule has 1 nitrogen and oxygen atoms in total. The molecule has 0 spiro atoms. The van der Waals surface area contributed by atoms with Gasteiger partial charge in [-0.3, -0.25) is 0 Å². The molecule has 1 aromatic rings. The van der Waals surface area contributed by atoms with Gasteiger partial charge >= 0.3 is 0 Å². The van der Waals surface area contributed by atoms with Crippen LogP contribution in [-0.4, -0.2) is 5.78 Å². The Morgan fingerprint density at radius 3 is 2.15 bits per heavy atom. The Kier molecular flexibility index (Phi) is 16.4. The molecule has 0 bridgehead atoms. The summed E-state index contributed by atoms with van der Waals surface area (Å²) in [5, 5.41) is 0. The van der Waals surface area contributed by atoms with E-state index in [0.29, 0.717) is 5.78 Å². The van der Waals surface area contributed by atoms with Crippen LogP contribution in [0.4, 0.5) is 0 Å². The van der Waals surface area contributed by atoms with E-state index in [1.165, 1.54) is 85.6 Å². The largest absolute Gasteiger partial charge is 0.300 e. The van der Waals surface area contributed by atoms with Crippen LogP contribution < -0.4 is 0 Å². The molecule has 3 rings (SSSR count). The lowest BCUT2D eigenvalue weighted by Crippen LogP contribution is -2.33. The van der Waals surface area contributed by atoms with Crippen LogP contribution in [0.15, 0.2) is 60.7 Å². The summed E-state index contributed by atoms with van der Waals surface area (Å²) >= 11 is 0. The Balaban J connectivity index is 0.000000781. The summed E-state index contributed by atoms with van der Waals surface area (Å²) < 4.78 is 0. The number of hydrogen-bond acceptors (Lipinski definition) is 1. The van der Waals surface area contributed by atoms with E-state index in [4.69, 9.17) is 0 Å². The molecule has 0 fully saturated rings.